The number of benzene rings is 1. The summed E-state index contributed by atoms with van der Waals surface area (Å²) in [4.78, 5) is 23.7. The Balaban J connectivity index is 3.07. The zero-order valence-corrected chi connectivity index (χ0v) is 11.7. The minimum Gasteiger partial charge on any atom is -0.467 e. The number of methoxy groups -OCH3 is 1. The number of carbonyl (C=O) groups excluding carboxylic acids is 2. The highest BCUT2D eigenvalue weighted by atomic mass is 35.5. The topological polar surface area (TPSA) is 46.6 Å². The zero-order valence-electron chi connectivity index (χ0n) is 10.9. The molecule has 0 aliphatic heterocycles. The molecule has 0 bridgehead atoms. The van der Waals surface area contributed by atoms with Gasteiger partial charge in [-0.3, -0.25) is 4.79 Å². The summed E-state index contributed by atoms with van der Waals surface area (Å²) >= 11 is 6.15. The molecule has 0 heterocycles. The maximum absolute atomic E-state index is 12.4. The summed E-state index contributed by atoms with van der Waals surface area (Å²) in [6.07, 6.45) is 1.41. The van der Waals surface area contributed by atoms with Crippen LogP contribution in [-0.2, 0) is 14.3 Å². The van der Waals surface area contributed by atoms with Crippen LogP contribution in [-0.4, -0.2) is 30.9 Å². The highest BCUT2D eigenvalue weighted by Crippen LogP contribution is 2.27. The predicted octanol–water partition coefficient (Wildman–Crippen LogP) is 2.38. The third kappa shape index (κ3) is 3.15. The molecular formula is C14H16ClNO3. The van der Waals surface area contributed by atoms with Crippen LogP contribution in [0.1, 0.15) is 6.42 Å². The number of rotatable bonds is 5. The molecule has 0 aliphatic rings. The molecular weight excluding hydrogens is 266 g/mol. The summed E-state index contributed by atoms with van der Waals surface area (Å²) in [6.45, 7) is 3.51. The summed E-state index contributed by atoms with van der Waals surface area (Å²) < 4.78 is 4.61. The Morgan fingerprint density at radius 3 is 2.47 bits per heavy atom. The van der Waals surface area contributed by atoms with Crippen LogP contribution in [0.15, 0.2) is 43.0 Å². The van der Waals surface area contributed by atoms with Crippen molar-refractivity contribution in [3.63, 3.8) is 0 Å². The lowest BCUT2D eigenvalue weighted by Gasteiger charge is -2.27. The molecule has 19 heavy (non-hydrogen) atoms. The number of hydrogen-bond donors (Lipinski definition) is 0. The van der Waals surface area contributed by atoms with E-state index in [1.165, 1.54) is 18.1 Å². The van der Waals surface area contributed by atoms with Crippen molar-refractivity contribution in [3.8, 4) is 0 Å². The fraction of sp³-hybridized carbons (Fsp3) is 0.286. The average molecular weight is 282 g/mol. The molecule has 1 atom stereocenters. The summed E-state index contributed by atoms with van der Waals surface area (Å²) in [6, 6.07) is 8.92. The van der Waals surface area contributed by atoms with Crippen LogP contribution in [0.25, 0.3) is 0 Å². The molecule has 5 heteroatoms. The number of allylic oxidation sites excluding steroid dienone is 1. The van der Waals surface area contributed by atoms with Gasteiger partial charge >= 0.3 is 5.97 Å². The molecule has 0 spiro atoms. The van der Waals surface area contributed by atoms with E-state index in [4.69, 9.17) is 11.6 Å². The van der Waals surface area contributed by atoms with Gasteiger partial charge in [0.25, 0.3) is 5.91 Å². The number of hydrogen-bond acceptors (Lipinski definition) is 3. The smallest absolute Gasteiger partial charge is 0.337 e. The fourth-order valence-electron chi connectivity index (χ4n) is 1.65. The molecule has 1 unspecified atom stereocenters. The molecule has 1 aromatic rings. The quantitative estimate of drug-likeness (QED) is 0.360. The second-order valence-corrected chi connectivity index (χ2v) is 4.63. The third-order valence-corrected chi connectivity index (χ3v) is 3.19. The number of ether oxygens (including phenoxy) is 1. The maximum Gasteiger partial charge on any atom is 0.337 e. The van der Waals surface area contributed by atoms with Gasteiger partial charge in [-0.1, -0.05) is 35.9 Å². The van der Waals surface area contributed by atoms with Crippen molar-refractivity contribution in [1.29, 1.82) is 0 Å². The van der Waals surface area contributed by atoms with Gasteiger partial charge in [0.05, 0.1) is 7.11 Å². The van der Waals surface area contributed by atoms with Gasteiger partial charge in [0.1, 0.15) is 0 Å². The highest BCUT2D eigenvalue weighted by Gasteiger charge is 2.46. The Bertz CT molecular complexity index is 475. The van der Waals surface area contributed by atoms with Gasteiger partial charge in [0, 0.05) is 19.2 Å². The van der Waals surface area contributed by atoms with E-state index in [0.29, 0.717) is 5.69 Å². The van der Waals surface area contributed by atoms with Crippen LogP contribution in [0.4, 0.5) is 5.69 Å². The Kier molecular flexibility index (Phi) is 5.12. The summed E-state index contributed by atoms with van der Waals surface area (Å²) in [7, 11) is 2.75. The second-order valence-electron chi connectivity index (χ2n) is 3.99. The van der Waals surface area contributed by atoms with Crippen molar-refractivity contribution in [1.82, 2.24) is 0 Å². The van der Waals surface area contributed by atoms with E-state index in [0.717, 1.165) is 0 Å². The van der Waals surface area contributed by atoms with E-state index in [9.17, 15) is 9.59 Å². The van der Waals surface area contributed by atoms with Crippen LogP contribution in [0.3, 0.4) is 0 Å². The summed E-state index contributed by atoms with van der Waals surface area (Å²) in [5, 5.41) is 0. The largest absolute Gasteiger partial charge is 0.467 e. The lowest BCUT2D eigenvalue weighted by Crippen LogP contribution is -2.49. The first-order valence-corrected chi connectivity index (χ1v) is 6.06. The van der Waals surface area contributed by atoms with E-state index in [2.05, 4.69) is 11.3 Å². The van der Waals surface area contributed by atoms with Crippen LogP contribution < -0.4 is 4.90 Å². The number of esters is 1. The fourth-order valence-corrected chi connectivity index (χ4v) is 1.97. The van der Waals surface area contributed by atoms with Crippen molar-refractivity contribution in [2.75, 3.05) is 19.1 Å². The summed E-state index contributed by atoms with van der Waals surface area (Å²) in [5.41, 5.74) is 0.644. The van der Waals surface area contributed by atoms with Gasteiger partial charge in [-0.15, -0.1) is 6.58 Å². The van der Waals surface area contributed by atoms with Gasteiger partial charge in [-0.05, 0) is 12.1 Å². The molecule has 1 rings (SSSR count). The van der Waals surface area contributed by atoms with Gasteiger partial charge in [-0.25, -0.2) is 4.79 Å². The van der Waals surface area contributed by atoms with Crippen molar-refractivity contribution in [2.45, 2.75) is 11.3 Å². The molecule has 0 aliphatic carbocycles. The van der Waals surface area contributed by atoms with Gasteiger partial charge in [0.15, 0.2) is 0 Å². The number of para-hydroxylation sites is 1. The molecule has 4 nitrogen and oxygen atoms in total. The van der Waals surface area contributed by atoms with Crippen molar-refractivity contribution >= 4 is 29.2 Å². The van der Waals surface area contributed by atoms with Gasteiger partial charge < -0.3 is 9.64 Å². The highest BCUT2D eigenvalue weighted by molar-refractivity contribution is 6.47. The standard InChI is InChI=1S/C14H16ClNO3/c1-4-10-14(15,13(18)19-3)12(17)16(2)11-8-6-5-7-9-11/h4-9H,1,10H2,2-3H3. The average Bonchev–Trinajstić information content (AvgIpc) is 2.45. The molecule has 0 saturated carbocycles. The number of anilines is 1. The molecule has 0 aromatic heterocycles. The lowest BCUT2D eigenvalue weighted by molar-refractivity contribution is -0.147. The molecule has 0 fully saturated rings. The molecule has 0 saturated heterocycles. The Morgan fingerprint density at radius 1 is 1.42 bits per heavy atom. The molecule has 0 N–H and O–H groups in total. The first kappa shape index (κ1) is 15.2. The molecule has 1 amide bonds. The number of halogens is 1. The number of nitrogens with zero attached hydrogens (tertiary/aromatic N) is 1. The van der Waals surface area contributed by atoms with Crippen LogP contribution >= 0.6 is 11.6 Å². The van der Waals surface area contributed by atoms with Crippen molar-refractivity contribution in [2.24, 2.45) is 0 Å². The number of alkyl halides is 1. The molecule has 102 valence electrons. The first-order chi connectivity index (χ1) is 8.97. The van der Waals surface area contributed by atoms with Crippen LogP contribution in [0.5, 0.6) is 0 Å². The zero-order chi connectivity index (χ0) is 14.5. The minimum absolute atomic E-state index is 0.00274. The summed E-state index contributed by atoms with van der Waals surface area (Å²) in [5.74, 6) is -1.34. The molecule has 0 radical (unpaired) electrons. The Labute approximate surface area is 117 Å². The van der Waals surface area contributed by atoms with E-state index in [1.54, 1.807) is 31.3 Å². The van der Waals surface area contributed by atoms with E-state index >= 15 is 0 Å². The SMILES string of the molecule is C=CCC(Cl)(C(=O)OC)C(=O)N(C)c1ccccc1. The number of amides is 1. The normalized spacial score (nSPS) is 13.2. The van der Waals surface area contributed by atoms with E-state index in [1.807, 2.05) is 6.07 Å². The lowest BCUT2D eigenvalue weighted by atomic mass is 10.0. The Hall–Kier alpha value is -1.81. The van der Waals surface area contributed by atoms with E-state index in [-0.39, 0.29) is 6.42 Å². The predicted molar refractivity (Wildman–Crippen MR) is 75.3 cm³/mol. The van der Waals surface area contributed by atoms with Crippen molar-refractivity contribution in [3.05, 3.63) is 43.0 Å². The van der Waals surface area contributed by atoms with Gasteiger partial charge in [-0.2, -0.15) is 0 Å². The van der Waals surface area contributed by atoms with E-state index < -0.39 is 16.8 Å². The maximum atomic E-state index is 12.4. The Morgan fingerprint density at radius 2 is 2.00 bits per heavy atom. The van der Waals surface area contributed by atoms with Crippen molar-refractivity contribution < 1.29 is 14.3 Å². The number of carbonyl (C=O) groups is 2. The second kappa shape index (κ2) is 6.38. The first-order valence-electron chi connectivity index (χ1n) is 5.68. The van der Waals surface area contributed by atoms with Crippen LogP contribution in [0, 0.1) is 0 Å². The monoisotopic (exact) mass is 281 g/mol. The minimum atomic E-state index is -1.78. The van der Waals surface area contributed by atoms with Gasteiger partial charge in [0.2, 0.25) is 4.87 Å². The van der Waals surface area contributed by atoms with Crippen LogP contribution in [0.2, 0.25) is 0 Å². The third-order valence-electron chi connectivity index (χ3n) is 2.72. The molecule has 1 aromatic carbocycles.